The van der Waals surface area contributed by atoms with Crippen LogP contribution in [0.25, 0.3) is 10.9 Å². The first-order valence-corrected chi connectivity index (χ1v) is 8.91. The number of aromatic amines is 1. The van der Waals surface area contributed by atoms with Crippen molar-refractivity contribution in [2.75, 3.05) is 12.9 Å². The van der Waals surface area contributed by atoms with Crippen molar-refractivity contribution in [3.05, 3.63) is 35.5 Å². The molecule has 2 aromatic rings. The van der Waals surface area contributed by atoms with Crippen molar-refractivity contribution < 1.29 is 5.11 Å². The minimum atomic E-state index is 0.0709. The van der Waals surface area contributed by atoms with E-state index in [9.17, 15) is 5.11 Å². The Morgan fingerprint density at radius 3 is 2.90 bits per heavy atom. The number of thioether (sulfide) groups is 1. The number of benzene rings is 1. The predicted molar refractivity (Wildman–Crippen MR) is 93.9 cm³/mol. The van der Waals surface area contributed by atoms with Gasteiger partial charge in [0.1, 0.15) is 4.32 Å². The van der Waals surface area contributed by atoms with Crippen LogP contribution in [0.4, 0.5) is 0 Å². The number of aliphatic hydroxyl groups is 1. The summed E-state index contributed by atoms with van der Waals surface area (Å²) in [5.74, 6) is 0. The Morgan fingerprint density at radius 2 is 2.24 bits per heavy atom. The van der Waals surface area contributed by atoms with E-state index in [-0.39, 0.29) is 18.7 Å². The van der Waals surface area contributed by atoms with E-state index in [4.69, 9.17) is 12.2 Å². The van der Waals surface area contributed by atoms with Crippen LogP contribution < -0.4 is 0 Å². The minimum Gasteiger partial charge on any atom is -0.394 e. The van der Waals surface area contributed by atoms with Crippen molar-refractivity contribution in [1.82, 2.24) is 9.88 Å². The normalized spacial score (nSPS) is 21.6. The van der Waals surface area contributed by atoms with Crippen LogP contribution in [0.5, 0.6) is 0 Å². The van der Waals surface area contributed by atoms with Crippen LogP contribution in [0, 0.1) is 0 Å². The second-order valence-electron chi connectivity index (χ2n) is 5.40. The fourth-order valence-electron chi connectivity index (χ4n) is 3.39. The van der Waals surface area contributed by atoms with Gasteiger partial charge < -0.3 is 15.0 Å². The summed E-state index contributed by atoms with van der Waals surface area (Å²) in [4.78, 5) is 5.80. The van der Waals surface area contributed by atoms with E-state index in [0.717, 1.165) is 17.2 Å². The molecule has 1 aliphatic heterocycles. The zero-order valence-electron chi connectivity index (χ0n) is 12.3. The first kappa shape index (κ1) is 14.9. The molecule has 0 saturated heterocycles. The number of hydrogen-bond donors (Lipinski definition) is 2. The summed E-state index contributed by atoms with van der Waals surface area (Å²) in [6.07, 6.45) is 3.81. The molecule has 2 atom stereocenters. The molecule has 3 rings (SSSR count). The maximum atomic E-state index is 9.83. The van der Waals surface area contributed by atoms with Crippen LogP contribution in [0.15, 0.2) is 24.3 Å². The second-order valence-corrected chi connectivity index (χ2v) is 6.84. The Bertz CT molecular complexity index is 667. The zero-order chi connectivity index (χ0) is 15.0. The highest BCUT2D eigenvalue weighted by molar-refractivity contribution is 8.22. The fraction of sp³-hybridized carbons (Fsp3) is 0.438. The number of nitrogens with zero attached hydrogens (tertiary/aromatic N) is 1. The Morgan fingerprint density at radius 1 is 1.48 bits per heavy atom. The van der Waals surface area contributed by atoms with Gasteiger partial charge in [0.25, 0.3) is 0 Å². The van der Waals surface area contributed by atoms with E-state index in [0.29, 0.717) is 0 Å². The highest BCUT2D eigenvalue weighted by Gasteiger charge is 2.36. The summed E-state index contributed by atoms with van der Waals surface area (Å²) in [6.45, 7) is 2.31. The molecule has 0 radical (unpaired) electrons. The third-order valence-corrected chi connectivity index (χ3v) is 5.60. The Balaban J connectivity index is 2.15. The highest BCUT2D eigenvalue weighted by atomic mass is 32.2. The van der Waals surface area contributed by atoms with E-state index in [1.54, 1.807) is 11.8 Å². The van der Waals surface area contributed by atoms with Crippen molar-refractivity contribution in [1.29, 1.82) is 0 Å². The summed E-state index contributed by atoms with van der Waals surface area (Å²) >= 11 is 7.12. The first-order chi connectivity index (χ1) is 10.2. The molecule has 21 heavy (non-hydrogen) atoms. The maximum Gasteiger partial charge on any atom is 0.137 e. The van der Waals surface area contributed by atoms with E-state index in [1.165, 1.54) is 22.2 Å². The molecule has 0 spiro atoms. The molecule has 0 unspecified atom stereocenters. The third kappa shape index (κ3) is 2.37. The van der Waals surface area contributed by atoms with Crippen molar-refractivity contribution in [2.45, 2.75) is 31.8 Å². The summed E-state index contributed by atoms with van der Waals surface area (Å²) in [6, 6.07) is 8.70. The second kappa shape index (κ2) is 5.99. The molecule has 2 heterocycles. The fourth-order valence-corrected chi connectivity index (χ4v) is 4.15. The van der Waals surface area contributed by atoms with Crippen LogP contribution in [-0.2, 0) is 6.42 Å². The predicted octanol–water partition coefficient (Wildman–Crippen LogP) is 3.49. The van der Waals surface area contributed by atoms with Gasteiger partial charge in [-0.05, 0) is 30.7 Å². The average molecular weight is 320 g/mol. The average Bonchev–Trinajstić information content (AvgIpc) is 2.90. The number of hydrogen-bond acceptors (Lipinski definition) is 3. The molecule has 5 heteroatoms. The number of aliphatic hydroxyl groups excluding tert-OH is 1. The maximum absolute atomic E-state index is 9.83. The summed E-state index contributed by atoms with van der Waals surface area (Å²) < 4.78 is 0.866. The van der Waals surface area contributed by atoms with Crippen molar-refractivity contribution in [2.24, 2.45) is 0 Å². The molecule has 2 N–H and O–H groups in total. The van der Waals surface area contributed by atoms with Crippen molar-refractivity contribution >= 4 is 39.2 Å². The smallest absolute Gasteiger partial charge is 0.137 e. The van der Waals surface area contributed by atoms with Crippen LogP contribution in [0.2, 0.25) is 0 Å². The van der Waals surface area contributed by atoms with Gasteiger partial charge in [-0.25, -0.2) is 0 Å². The standard InChI is InChI=1S/C16H20N2OS2/c1-3-14-15-12(11-6-4-5-7-13(11)17-15)8-10(9-19)18(14)16(20)21-2/h4-7,10,14,17,19H,3,8-9H2,1-2H3/t10-,14-/m0/s1. The quantitative estimate of drug-likeness (QED) is 0.831. The molecule has 3 nitrogen and oxygen atoms in total. The van der Waals surface area contributed by atoms with Gasteiger partial charge in [0.15, 0.2) is 0 Å². The lowest BCUT2D eigenvalue weighted by Gasteiger charge is -2.42. The minimum absolute atomic E-state index is 0.0709. The molecule has 0 fully saturated rings. The number of fused-ring (bicyclic) bond motifs is 3. The summed E-state index contributed by atoms with van der Waals surface area (Å²) in [5, 5.41) is 11.1. The molecule has 0 bridgehead atoms. The van der Waals surface area contributed by atoms with E-state index in [2.05, 4.69) is 41.1 Å². The lowest BCUT2D eigenvalue weighted by molar-refractivity contribution is 0.137. The van der Waals surface area contributed by atoms with Gasteiger partial charge >= 0.3 is 0 Å². The SMILES string of the molecule is CC[C@H]1c2[nH]c3ccccc3c2C[C@@H](CO)N1C(=S)SC. The van der Waals surface area contributed by atoms with Gasteiger partial charge in [0.2, 0.25) is 0 Å². The Kier molecular flexibility index (Phi) is 4.24. The van der Waals surface area contributed by atoms with Crippen LogP contribution in [-0.4, -0.2) is 38.2 Å². The van der Waals surface area contributed by atoms with E-state index < -0.39 is 0 Å². The van der Waals surface area contributed by atoms with Gasteiger partial charge in [-0.2, -0.15) is 0 Å². The van der Waals surface area contributed by atoms with Gasteiger partial charge in [-0.15, -0.1) is 11.8 Å². The molecule has 0 amide bonds. The molecule has 1 aromatic carbocycles. The van der Waals surface area contributed by atoms with E-state index >= 15 is 0 Å². The van der Waals surface area contributed by atoms with Crippen LogP contribution >= 0.6 is 24.0 Å². The number of thiocarbonyl (C=S) groups is 1. The van der Waals surface area contributed by atoms with Crippen LogP contribution in [0.3, 0.4) is 0 Å². The Hall–Kier alpha value is -1.04. The number of H-pyrrole nitrogens is 1. The summed E-state index contributed by atoms with van der Waals surface area (Å²) in [7, 11) is 0. The third-order valence-electron chi connectivity index (χ3n) is 4.33. The zero-order valence-corrected chi connectivity index (χ0v) is 13.9. The molecule has 112 valence electrons. The molecular formula is C16H20N2OS2. The number of aromatic nitrogens is 1. The van der Waals surface area contributed by atoms with Crippen molar-refractivity contribution in [3.8, 4) is 0 Å². The summed E-state index contributed by atoms with van der Waals surface area (Å²) in [5.41, 5.74) is 3.78. The molecule has 0 saturated carbocycles. The number of para-hydroxylation sites is 1. The lowest BCUT2D eigenvalue weighted by Crippen LogP contribution is -2.47. The van der Waals surface area contributed by atoms with Gasteiger partial charge in [0.05, 0.1) is 18.7 Å². The monoisotopic (exact) mass is 320 g/mol. The van der Waals surface area contributed by atoms with E-state index in [1.807, 2.05) is 6.26 Å². The highest BCUT2D eigenvalue weighted by Crippen LogP contribution is 2.39. The largest absolute Gasteiger partial charge is 0.394 e. The van der Waals surface area contributed by atoms with Gasteiger partial charge in [-0.3, -0.25) is 0 Å². The first-order valence-electron chi connectivity index (χ1n) is 7.27. The molecule has 1 aliphatic rings. The van der Waals surface area contributed by atoms with Gasteiger partial charge in [0, 0.05) is 16.6 Å². The topological polar surface area (TPSA) is 39.3 Å². The van der Waals surface area contributed by atoms with Gasteiger partial charge in [-0.1, -0.05) is 37.3 Å². The van der Waals surface area contributed by atoms with Crippen molar-refractivity contribution in [3.63, 3.8) is 0 Å². The molecule has 1 aromatic heterocycles. The molecular weight excluding hydrogens is 300 g/mol. The lowest BCUT2D eigenvalue weighted by atomic mass is 9.91. The molecule has 0 aliphatic carbocycles. The number of nitrogens with one attached hydrogen (secondary N) is 1. The Labute approximate surface area is 134 Å². The van der Waals surface area contributed by atoms with Crippen LogP contribution in [0.1, 0.15) is 30.6 Å². The number of rotatable bonds is 2.